The summed E-state index contributed by atoms with van der Waals surface area (Å²) in [6, 6.07) is 2.37. The average molecular weight is 230 g/mol. The van der Waals surface area contributed by atoms with Crippen LogP contribution < -0.4 is 5.73 Å². The lowest BCUT2D eigenvalue weighted by Crippen LogP contribution is -2.11. The Labute approximate surface area is 101 Å². The fourth-order valence-electron chi connectivity index (χ4n) is 2.25. The maximum Gasteiger partial charge on any atom is 0.0539 e. The quantitative estimate of drug-likeness (QED) is 0.868. The summed E-state index contributed by atoms with van der Waals surface area (Å²) in [5.74, 6) is 0.712. The van der Waals surface area contributed by atoms with Crippen molar-refractivity contribution < 1.29 is 0 Å². The molecule has 3 rings (SSSR count). The minimum atomic E-state index is 0.227. The molecular formula is C13H18N4. The SMILES string of the molecule is Cn1cc(Cn2ccc(C(N)C3CC3)c2)cn1. The lowest BCUT2D eigenvalue weighted by molar-refractivity contribution is 0.631. The van der Waals surface area contributed by atoms with Crippen molar-refractivity contribution in [3.63, 3.8) is 0 Å². The first-order chi connectivity index (χ1) is 8.22. The first-order valence-corrected chi connectivity index (χ1v) is 6.11. The van der Waals surface area contributed by atoms with Gasteiger partial charge in [0.2, 0.25) is 0 Å². The van der Waals surface area contributed by atoms with E-state index in [0.717, 1.165) is 6.54 Å². The highest BCUT2D eigenvalue weighted by molar-refractivity contribution is 5.19. The summed E-state index contributed by atoms with van der Waals surface area (Å²) in [6.45, 7) is 0.866. The predicted octanol–water partition coefficient (Wildman–Crippen LogP) is 1.68. The Balaban J connectivity index is 1.71. The van der Waals surface area contributed by atoms with E-state index in [1.165, 1.54) is 24.0 Å². The minimum absolute atomic E-state index is 0.227. The third-order valence-corrected chi connectivity index (χ3v) is 3.41. The van der Waals surface area contributed by atoms with Gasteiger partial charge in [-0.15, -0.1) is 0 Å². The molecule has 0 amide bonds. The van der Waals surface area contributed by atoms with E-state index < -0.39 is 0 Å². The van der Waals surface area contributed by atoms with Crippen LogP contribution in [-0.2, 0) is 13.6 Å². The fourth-order valence-corrected chi connectivity index (χ4v) is 2.25. The zero-order valence-electron chi connectivity index (χ0n) is 10.1. The molecule has 1 aliphatic rings. The molecule has 0 aliphatic heterocycles. The van der Waals surface area contributed by atoms with Gasteiger partial charge in [0, 0.05) is 37.2 Å². The van der Waals surface area contributed by atoms with Gasteiger partial charge in [0.05, 0.1) is 12.7 Å². The number of rotatable bonds is 4. The molecule has 0 bridgehead atoms. The first-order valence-electron chi connectivity index (χ1n) is 6.11. The summed E-state index contributed by atoms with van der Waals surface area (Å²) in [5, 5.41) is 4.17. The Bertz CT molecular complexity index is 507. The summed E-state index contributed by atoms with van der Waals surface area (Å²) in [5.41, 5.74) is 8.66. The van der Waals surface area contributed by atoms with Crippen LogP contribution in [0.15, 0.2) is 30.9 Å². The molecule has 0 spiro atoms. The summed E-state index contributed by atoms with van der Waals surface area (Å²) in [4.78, 5) is 0. The van der Waals surface area contributed by atoms with Crippen LogP contribution in [0.5, 0.6) is 0 Å². The predicted molar refractivity (Wildman–Crippen MR) is 66.4 cm³/mol. The number of hydrogen-bond donors (Lipinski definition) is 1. The Kier molecular flexibility index (Phi) is 2.52. The van der Waals surface area contributed by atoms with Crippen LogP contribution >= 0.6 is 0 Å². The van der Waals surface area contributed by atoms with Crippen LogP contribution in [-0.4, -0.2) is 14.3 Å². The van der Waals surface area contributed by atoms with Crippen molar-refractivity contribution in [2.24, 2.45) is 18.7 Å². The van der Waals surface area contributed by atoms with Gasteiger partial charge in [0.25, 0.3) is 0 Å². The van der Waals surface area contributed by atoms with Crippen molar-refractivity contribution in [1.82, 2.24) is 14.3 Å². The Morgan fingerprint density at radius 1 is 1.47 bits per heavy atom. The van der Waals surface area contributed by atoms with Gasteiger partial charge in [-0.05, 0) is 30.4 Å². The van der Waals surface area contributed by atoms with Gasteiger partial charge in [-0.3, -0.25) is 4.68 Å². The van der Waals surface area contributed by atoms with Gasteiger partial charge in [-0.2, -0.15) is 5.10 Å². The van der Waals surface area contributed by atoms with Gasteiger partial charge < -0.3 is 10.3 Å². The highest BCUT2D eigenvalue weighted by atomic mass is 15.2. The zero-order valence-corrected chi connectivity index (χ0v) is 10.1. The zero-order chi connectivity index (χ0) is 11.8. The van der Waals surface area contributed by atoms with Crippen LogP contribution in [0.3, 0.4) is 0 Å². The molecule has 1 atom stereocenters. The third kappa shape index (κ3) is 2.26. The highest BCUT2D eigenvalue weighted by Gasteiger charge is 2.29. The number of aromatic nitrogens is 3. The van der Waals surface area contributed by atoms with Crippen molar-refractivity contribution in [3.8, 4) is 0 Å². The molecule has 2 aromatic heterocycles. The maximum atomic E-state index is 6.18. The highest BCUT2D eigenvalue weighted by Crippen LogP contribution is 2.39. The van der Waals surface area contributed by atoms with E-state index in [9.17, 15) is 0 Å². The van der Waals surface area contributed by atoms with E-state index in [1.54, 1.807) is 0 Å². The molecule has 1 fully saturated rings. The average Bonchev–Trinajstić information content (AvgIpc) is 2.93. The molecule has 4 heteroatoms. The molecule has 1 unspecified atom stereocenters. The van der Waals surface area contributed by atoms with Gasteiger partial charge in [0.1, 0.15) is 0 Å². The summed E-state index contributed by atoms with van der Waals surface area (Å²) in [7, 11) is 1.94. The van der Waals surface area contributed by atoms with Gasteiger partial charge in [-0.1, -0.05) is 0 Å². The van der Waals surface area contributed by atoms with Gasteiger partial charge in [0.15, 0.2) is 0 Å². The van der Waals surface area contributed by atoms with Gasteiger partial charge >= 0.3 is 0 Å². The smallest absolute Gasteiger partial charge is 0.0539 e. The topological polar surface area (TPSA) is 48.8 Å². The molecule has 2 N–H and O–H groups in total. The summed E-state index contributed by atoms with van der Waals surface area (Å²) >= 11 is 0. The minimum Gasteiger partial charge on any atom is -0.349 e. The molecule has 0 saturated heterocycles. The first kappa shape index (κ1) is 10.6. The Hall–Kier alpha value is -1.55. The number of nitrogens with two attached hydrogens (primary N) is 1. The number of nitrogens with zero attached hydrogens (tertiary/aromatic N) is 3. The lowest BCUT2D eigenvalue weighted by atomic mass is 10.1. The fraction of sp³-hybridized carbons (Fsp3) is 0.462. The molecule has 1 saturated carbocycles. The summed E-state index contributed by atoms with van der Waals surface area (Å²) in [6.07, 6.45) is 10.8. The van der Waals surface area contributed by atoms with E-state index in [4.69, 9.17) is 5.73 Å². The maximum absolute atomic E-state index is 6.18. The Morgan fingerprint density at radius 3 is 2.94 bits per heavy atom. The molecule has 0 aromatic carbocycles. The number of aryl methyl sites for hydroxylation is 1. The second-order valence-corrected chi connectivity index (χ2v) is 5.00. The molecule has 2 heterocycles. The van der Waals surface area contributed by atoms with Crippen molar-refractivity contribution in [2.75, 3.05) is 0 Å². The molecular weight excluding hydrogens is 212 g/mol. The monoisotopic (exact) mass is 230 g/mol. The second kappa shape index (κ2) is 4.04. The van der Waals surface area contributed by atoms with Crippen molar-refractivity contribution in [1.29, 1.82) is 0 Å². The van der Waals surface area contributed by atoms with E-state index in [0.29, 0.717) is 5.92 Å². The molecule has 0 radical (unpaired) electrons. The molecule has 1 aliphatic carbocycles. The van der Waals surface area contributed by atoms with Crippen LogP contribution in [0.4, 0.5) is 0 Å². The second-order valence-electron chi connectivity index (χ2n) is 5.00. The van der Waals surface area contributed by atoms with Crippen LogP contribution in [0.1, 0.15) is 30.0 Å². The van der Waals surface area contributed by atoms with Crippen molar-refractivity contribution >= 4 is 0 Å². The largest absolute Gasteiger partial charge is 0.349 e. The molecule has 17 heavy (non-hydrogen) atoms. The molecule has 2 aromatic rings. The van der Waals surface area contributed by atoms with E-state index in [2.05, 4.69) is 28.1 Å². The van der Waals surface area contributed by atoms with E-state index in [1.807, 2.05) is 24.1 Å². The van der Waals surface area contributed by atoms with Gasteiger partial charge in [-0.25, -0.2) is 0 Å². The van der Waals surface area contributed by atoms with E-state index in [-0.39, 0.29) is 6.04 Å². The Morgan fingerprint density at radius 2 is 2.29 bits per heavy atom. The summed E-state index contributed by atoms with van der Waals surface area (Å²) < 4.78 is 4.00. The number of hydrogen-bond acceptors (Lipinski definition) is 2. The molecule has 4 nitrogen and oxygen atoms in total. The van der Waals surface area contributed by atoms with Crippen LogP contribution in [0.2, 0.25) is 0 Å². The van der Waals surface area contributed by atoms with Crippen molar-refractivity contribution in [3.05, 3.63) is 42.0 Å². The van der Waals surface area contributed by atoms with Crippen LogP contribution in [0.25, 0.3) is 0 Å². The standard InChI is InChI=1S/C13H18N4/c1-16-7-10(6-15-16)8-17-5-4-12(9-17)13(14)11-2-3-11/h4-7,9,11,13H,2-3,8,14H2,1H3. The molecule has 90 valence electrons. The lowest BCUT2D eigenvalue weighted by Gasteiger charge is -2.07. The van der Waals surface area contributed by atoms with E-state index >= 15 is 0 Å². The third-order valence-electron chi connectivity index (χ3n) is 3.41. The normalized spacial score (nSPS) is 17.3. The van der Waals surface area contributed by atoms with Crippen molar-refractivity contribution in [2.45, 2.75) is 25.4 Å². The van der Waals surface area contributed by atoms with Crippen LogP contribution in [0, 0.1) is 5.92 Å².